The first-order valence-electron chi connectivity index (χ1n) is 10.3. The van der Waals surface area contributed by atoms with Gasteiger partial charge in [-0.15, -0.1) is 11.3 Å². The molecule has 33 heavy (non-hydrogen) atoms. The number of nitrogens with one attached hydrogen (secondary N) is 1. The van der Waals surface area contributed by atoms with E-state index in [-0.39, 0.29) is 17.1 Å². The van der Waals surface area contributed by atoms with Crippen molar-refractivity contribution >= 4 is 44.1 Å². The minimum Gasteiger partial charge on any atom is -0.506 e. The predicted octanol–water partition coefficient (Wildman–Crippen LogP) is 5.40. The van der Waals surface area contributed by atoms with E-state index >= 15 is 0 Å². The Kier molecular flexibility index (Phi) is 5.14. The first-order valence-corrected chi connectivity index (χ1v) is 11.1. The molecule has 8 heteroatoms. The van der Waals surface area contributed by atoms with E-state index in [0.29, 0.717) is 28.7 Å². The number of halogens is 1. The number of thiazole rings is 1. The Hall–Kier alpha value is -4.04. The fraction of sp³-hybridized carbons (Fsp3) is 0.0800. The van der Waals surface area contributed by atoms with E-state index in [9.17, 15) is 19.1 Å². The molecule has 6 nitrogen and oxygen atoms in total. The molecule has 164 valence electrons. The van der Waals surface area contributed by atoms with Crippen LogP contribution in [0.2, 0.25) is 0 Å². The molecule has 0 aliphatic heterocycles. The molecule has 1 amide bonds. The van der Waals surface area contributed by atoms with Crippen LogP contribution in [0.4, 0.5) is 10.1 Å². The smallest absolute Gasteiger partial charge is 0.267 e. The molecule has 2 heterocycles. The van der Waals surface area contributed by atoms with Crippen LogP contribution in [0.5, 0.6) is 5.75 Å². The second-order valence-corrected chi connectivity index (χ2v) is 8.48. The summed E-state index contributed by atoms with van der Waals surface area (Å²) < 4.78 is 15.7. The summed E-state index contributed by atoms with van der Waals surface area (Å²) in [5, 5.41) is 14.5. The third-order valence-electron chi connectivity index (χ3n) is 5.43. The molecule has 0 aliphatic rings. The molecular formula is C25H18FN3O3S. The number of hydrogen-bond donors (Lipinski definition) is 2. The lowest BCUT2D eigenvalue weighted by molar-refractivity contribution is 0.102. The van der Waals surface area contributed by atoms with Crippen LogP contribution in [0.15, 0.2) is 71.5 Å². The highest BCUT2D eigenvalue weighted by Crippen LogP contribution is 2.31. The quantitative estimate of drug-likeness (QED) is 0.377. The minimum atomic E-state index is -0.686. The molecule has 0 saturated heterocycles. The Balaban J connectivity index is 1.46. The fourth-order valence-corrected chi connectivity index (χ4v) is 4.82. The predicted molar refractivity (Wildman–Crippen MR) is 129 cm³/mol. The zero-order valence-electron chi connectivity index (χ0n) is 17.5. The molecule has 0 saturated carbocycles. The minimum absolute atomic E-state index is 0.298. The number of pyridine rings is 1. The third kappa shape index (κ3) is 3.64. The number of aryl methyl sites for hydroxylation is 1. The van der Waals surface area contributed by atoms with Gasteiger partial charge in [0.05, 0.1) is 15.7 Å². The molecule has 0 bridgehead atoms. The van der Waals surface area contributed by atoms with Crippen molar-refractivity contribution in [1.82, 2.24) is 9.55 Å². The number of aromatic hydroxyl groups is 1. The molecule has 0 radical (unpaired) electrons. The standard InChI is InChI=1S/C25H18FN3O3S/c1-2-29-19-6-4-3-5-17(19)22(30)21(25(29)32)23(31)27-16-10-7-14(8-11-16)24-28-18-12-9-15(26)13-20(18)33-24/h3-13,30H,2H2,1H3,(H,27,31). The summed E-state index contributed by atoms with van der Waals surface area (Å²) in [6.07, 6.45) is 0. The lowest BCUT2D eigenvalue weighted by Gasteiger charge is -2.13. The van der Waals surface area contributed by atoms with Crippen LogP contribution < -0.4 is 10.9 Å². The average molecular weight is 460 g/mol. The number of aromatic nitrogens is 2. The number of carbonyl (C=O) groups is 1. The second-order valence-electron chi connectivity index (χ2n) is 7.45. The molecule has 0 atom stereocenters. The van der Waals surface area contributed by atoms with E-state index < -0.39 is 11.5 Å². The highest BCUT2D eigenvalue weighted by atomic mass is 32.1. The van der Waals surface area contributed by atoms with Crippen molar-refractivity contribution in [2.75, 3.05) is 5.32 Å². The van der Waals surface area contributed by atoms with Gasteiger partial charge in [0.1, 0.15) is 22.1 Å². The SMILES string of the molecule is CCn1c(=O)c(C(=O)Nc2ccc(-c3nc4ccc(F)cc4s3)cc2)c(O)c2ccccc21. The number of amides is 1. The number of hydrogen-bond acceptors (Lipinski definition) is 5. The maximum Gasteiger partial charge on any atom is 0.267 e. The van der Waals surface area contributed by atoms with Gasteiger partial charge in [0.15, 0.2) is 0 Å². The molecule has 3 aromatic carbocycles. The van der Waals surface area contributed by atoms with Gasteiger partial charge >= 0.3 is 0 Å². The van der Waals surface area contributed by atoms with E-state index in [4.69, 9.17) is 0 Å². The molecule has 5 rings (SSSR count). The van der Waals surface area contributed by atoms with Gasteiger partial charge in [0, 0.05) is 23.2 Å². The summed E-state index contributed by atoms with van der Waals surface area (Å²) in [6, 6.07) is 18.3. The number of carbonyl (C=O) groups excluding carboxylic acids is 1. The van der Waals surface area contributed by atoms with Crippen molar-refractivity contribution in [2.24, 2.45) is 0 Å². The first kappa shape index (κ1) is 20.8. The average Bonchev–Trinajstić information content (AvgIpc) is 3.23. The van der Waals surface area contributed by atoms with Gasteiger partial charge in [0.25, 0.3) is 11.5 Å². The number of anilines is 1. The molecule has 2 aromatic heterocycles. The van der Waals surface area contributed by atoms with Gasteiger partial charge < -0.3 is 15.0 Å². The van der Waals surface area contributed by atoms with E-state index in [1.807, 2.05) is 6.92 Å². The number of para-hydroxylation sites is 1. The van der Waals surface area contributed by atoms with E-state index in [0.717, 1.165) is 15.3 Å². The van der Waals surface area contributed by atoms with E-state index in [2.05, 4.69) is 10.3 Å². The highest BCUT2D eigenvalue weighted by molar-refractivity contribution is 7.21. The van der Waals surface area contributed by atoms with Crippen molar-refractivity contribution in [3.63, 3.8) is 0 Å². The Morgan fingerprint density at radius 2 is 1.88 bits per heavy atom. The maximum atomic E-state index is 13.5. The Morgan fingerprint density at radius 3 is 2.64 bits per heavy atom. The van der Waals surface area contributed by atoms with Gasteiger partial charge in [-0.05, 0) is 61.5 Å². The molecule has 0 unspecified atom stereocenters. The zero-order valence-corrected chi connectivity index (χ0v) is 18.3. The van der Waals surface area contributed by atoms with Crippen molar-refractivity contribution in [1.29, 1.82) is 0 Å². The Labute approximate surface area is 191 Å². The topological polar surface area (TPSA) is 84.2 Å². The monoisotopic (exact) mass is 459 g/mol. The second kappa shape index (κ2) is 8.14. The fourth-order valence-electron chi connectivity index (χ4n) is 3.82. The first-order chi connectivity index (χ1) is 16.0. The number of rotatable bonds is 4. The summed E-state index contributed by atoms with van der Waals surface area (Å²) in [5.41, 5.74) is 1.71. The van der Waals surface area contributed by atoms with Gasteiger partial charge in [-0.2, -0.15) is 0 Å². The van der Waals surface area contributed by atoms with Crippen LogP contribution in [0.1, 0.15) is 17.3 Å². The lowest BCUT2D eigenvalue weighted by Crippen LogP contribution is -2.29. The zero-order chi connectivity index (χ0) is 23.1. The Morgan fingerprint density at radius 1 is 1.12 bits per heavy atom. The van der Waals surface area contributed by atoms with Crippen molar-refractivity contribution < 1.29 is 14.3 Å². The summed E-state index contributed by atoms with van der Waals surface area (Å²) in [6.45, 7) is 2.17. The normalized spacial score (nSPS) is 11.2. The van der Waals surface area contributed by atoms with E-state index in [1.165, 1.54) is 28.0 Å². The Bertz CT molecular complexity index is 1590. The van der Waals surface area contributed by atoms with Gasteiger partial charge in [-0.3, -0.25) is 9.59 Å². The lowest BCUT2D eigenvalue weighted by atomic mass is 10.1. The largest absolute Gasteiger partial charge is 0.506 e. The third-order valence-corrected chi connectivity index (χ3v) is 6.50. The van der Waals surface area contributed by atoms with Crippen LogP contribution in [0.3, 0.4) is 0 Å². The van der Waals surface area contributed by atoms with Crippen molar-refractivity contribution in [2.45, 2.75) is 13.5 Å². The number of nitrogens with zero attached hydrogens (tertiary/aromatic N) is 2. The van der Waals surface area contributed by atoms with E-state index in [1.54, 1.807) is 54.6 Å². The molecule has 0 fully saturated rings. The van der Waals surface area contributed by atoms with Crippen LogP contribution in [0, 0.1) is 5.82 Å². The van der Waals surface area contributed by atoms with Crippen molar-refractivity contribution in [3.05, 3.63) is 88.5 Å². The number of fused-ring (bicyclic) bond motifs is 2. The maximum absolute atomic E-state index is 13.5. The van der Waals surface area contributed by atoms with Gasteiger partial charge in [-0.25, -0.2) is 9.37 Å². The van der Waals surface area contributed by atoms with Gasteiger partial charge in [0.2, 0.25) is 0 Å². The summed E-state index contributed by atoms with van der Waals surface area (Å²) >= 11 is 1.37. The van der Waals surface area contributed by atoms with Crippen LogP contribution in [0.25, 0.3) is 31.7 Å². The molecule has 0 spiro atoms. The molecular weight excluding hydrogens is 441 g/mol. The molecule has 5 aromatic rings. The summed E-state index contributed by atoms with van der Waals surface area (Å²) in [4.78, 5) is 30.4. The summed E-state index contributed by atoms with van der Waals surface area (Å²) in [5.74, 6) is -1.33. The highest BCUT2D eigenvalue weighted by Gasteiger charge is 2.22. The van der Waals surface area contributed by atoms with Crippen molar-refractivity contribution in [3.8, 4) is 16.3 Å². The van der Waals surface area contributed by atoms with Gasteiger partial charge in [-0.1, -0.05) is 12.1 Å². The van der Waals surface area contributed by atoms with Crippen LogP contribution in [-0.4, -0.2) is 20.6 Å². The molecule has 2 N–H and O–H groups in total. The summed E-state index contributed by atoms with van der Waals surface area (Å²) in [7, 11) is 0. The number of benzene rings is 3. The van der Waals surface area contributed by atoms with Crippen LogP contribution >= 0.6 is 11.3 Å². The van der Waals surface area contributed by atoms with Crippen LogP contribution in [-0.2, 0) is 6.54 Å². The molecule has 0 aliphatic carbocycles.